The van der Waals surface area contributed by atoms with E-state index in [1.807, 2.05) is 0 Å². The third-order valence-corrected chi connectivity index (χ3v) is 3.10. The lowest BCUT2D eigenvalue weighted by Crippen LogP contribution is -1.89. The number of benzene rings is 2. The molecule has 0 saturated carbocycles. The number of hydrogen-bond acceptors (Lipinski definition) is 0. The number of hydrogen-bond donors (Lipinski definition) is 0. The van der Waals surface area contributed by atoms with Gasteiger partial charge in [0.1, 0.15) is 0 Å². The maximum absolute atomic E-state index is 4.17. The zero-order chi connectivity index (χ0) is 13.1. The fourth-order valence-electron chi connectivity index (χ4n) is 2.01. The molecule has 90 valence electrons. The van der Waals surface area contributed by atoms with Crippen molar-refractivity contribution < 1.29 is 0 Å². The molecule has 0 heteroatoms. The Bertz CT molecular complexity index is 547. The van der Waals surface area contributed by atoms with E-state index in [0.717, 1.165) is 22.3 Å². The van der Waals surface area contributed by atoms with Crippen LogP contribution in [0.15, 0.2) is 61.7 Å². The fraction of sp³-hybridized carbons (Fsp3) is 0.111. The van der Waals surface area contributed by atoms with Gasteiger partial charge in [0, 0.05) is 0 Å². The van der Waals surface area contributed by atoms with Gasteiger partial charge in [0.2, 0.25) is 0 Å². The predicted molar refractivity (Wildman–Crippen MR) is 80.4 cm³/mol. The molecule has 0 bridgehead atoms. The van der Waals surface area contributed by atoms with Crippen molar-refractivity contribution in [2.24, 2.45) is 0 Å². The molecular formula is C18H18. The van der Waals surface area contributed by atoms with Crippen molar-refractivity contribution in [3.05, 3.63) is 83.9 Å². The maximum Gasteiger partial charge on any atom is -0.0181 e. The largest absolute Gasteiger partial charge is 0.0906 e. The molecule has 0 aliphatic carbocycles. The van der Waals surface area contributed by atoms with Crippen molar-refractivity contribution in [3.8, 4) is 0 Å². The molecular weight excluding hydrogens is 216 g/mol. The van der Waals surface area contributed by atoms with Crippen LogP contribution in [-0.4, -0.2) is 0 Å². The van der Waals surface area contributed by atoms with E-state index < -0.39 is 0 Å². The molecule has 18 heavy (non-hydrogen) atoms. The molecule has 0 atom stereocenters. The first-order chi connectivity index (χ1) is 8.58. The lowest BCUT2D eigenvalue weighted by molar-refractivity contribution is 1.44. The summed E-state index contributed by atoms with van der Waals surface area (Å²) in [6, 6.07) is 16.7. The SMILES string of the molecule is C=C(C(=C)c1cccc(C)c1)c1cccc(C)c1. The summed E-state index contributed by atoms with van der Waals surface area (Å²) in [6.07, 6.45) is 0. The Hall–Kier alpha value is -2.08. The van der Waals surface area contributed by atoms with Crippen molar-refractivity contribution in [2.45, 2.75) is 13.8 Å². The molecule has 0 aliphatic heterocycles. The lowest BCUT2D eigenvalue weighted by atomic mass is 9.93. The van der Waals surface area contributed by atoms with E-state index in [4.69, 9.17) is 0 Å². The van der Waals surface area contributed by atoms with Crippen LogP contribution in [0.3, 0.4) is 0 Å². The van der Waals surface area contributed by atoms with Gasteiger partial charge in [0.05, 0.1) is 0 Å². The Morgan fingerprint density at radius 3 is 1.44 bits per heavy atom. The average Bonchev–Trinajstić information content (AvgIpc) is 2.37. The van der Waals surface area contributed by atoms with E-state index in [1.54, 1.807) is 0 Å². The number of aryl methyl sites for hydroxylation is 2. The van der Waals surface area contributed by atoms with Crippen LogP contribution >= 0.6 is 0 Å². The van der Waals surface area contributed by atoms with Gasteiger partial charge < -0.3 is 0 Å². The number of allylic oxidation sites excluding steroid dienone is 2. The summed E-state index contributed by atoms with van der Waals surface area (Å²) in [4.78, 5) is 0. The summed E-state index contributed by atoms with van der Waals surface area (Å²) >= 11 is 0. The molecule has 2 rings (SSSR count). The molecule has 0 radical (unpaired) electrons. The van der Waals surface area contributed by atoms with Gasteiger partial charge in [-0.3, -0.25) is 0 Å². The van der Waals surface area contributed by atoms with Gasteiger partial charge in [0.15, 0.2) is 0 Å². The maximum atomic E-state index is 4.17. The molecule has 0 N–H and O–H groups in total. The average molecular weight is 234 g/mol. The molecule has 0 unspecified atom stereocenters. The fourth-order valence-corrected chi connectivity index (χ4v) is 2.01. The van der Waals surface area contributed by atoms with Crippen molar-refractivity contribution >= 4 is 11.1 Å². The van der Waals surface area contributed by atoms with Gasteiger partial charge >= 0.3 is 0 Å². The Morgan fingerprint density at radius 2 is 1.11 bits per heavy atom. The summed E-state index contributed by atoms with van der Waals surface area (Å²) in [7, 11) is 0. The second kappa shape index (κ2) is 5.05. The monoisotopic (exact) mass is 234 g/mol. The highest BCUT2D eigenvalue weighted by molar-refractivity contribution is 6.03. The molecule has 0 amide bonds. The summed E-state index contributed by atoms with van der Waals surface area (Å²) in [5, 5.41) is 0. The highest BCUT2D eigenvalue weighted by Gasteiger charge is 2.06. The Morgan fingerprint density at radius 1 is 0.722 bits per heavy atom. The normalized spacial score (nSPS) is 10.1. The lowest BCUT2D eigenvalue weighted by Gasteiger charge is -2.11. The second-order valence-corrected chi connectivity index (χ2v) is 4.70. The first kappa shape index (κ1) is 12.4. The minimum absolute atomic E-state index is 0.990. The van der Waals surface area contributed by atoms with Crippen LogP contribution in [0.25, 0.3) is 11.1 Å². The molecule has 0 aliphatic rings. The van der Waals surface area contributed by atoms with Gasteiger partial charge in [-0.1, -0.05) is 72.8 Å². The van der Waals surface area contributed by atoms with Crippen molar-refractivity contribution in [3.63, 3.8) is 0 Å². The van der Waals surface area contributed by atoms with Crippen LogP contribution in [-0.2, 0) is 0 Å². The summed E-state index contributed by atoms with van der Waals surface area (Å²) < 4.78 is 0. The van der Waals surface area contributed by atoms with Crippen LogP contribution < -0.4 is 0 Å². The molecule has 0 heterocycles. The highest BCUT2D eigenvalue weighted by atomic mass is 14.1. The van der Waals surface area contributed by atoms with Gasteiger partial charge in [-0.05, 0) is 36.1 Å². The minimum Gasteiger partial charge on any atom is -0.0906 e. The number of rotatable bonds is 3. The molecule has 0 fully saturated rings. The molecule has 2 aromatic carbocycles. The van der Waals surface area contributed by atoms with Gasteiger partial charge in [0.25, 0.3) is 0 Å². The molecule has 0 saturated heterocycles. The van der Waals surface area contributed by atoms with E-state index in [-0.39, 0.29) is 0 Å². The van der Waals surface area contributed by atoms with E-state index in [1.165, 1.54) is 11.1 Å². The van der Waals surface area contributed by atoms with Gasteiger partial charge in [-0.25, -0.2) is 0 Å². The van der Waals surface area contributed by atoms with Gasteiger partial charge in [-0.15, -0.1) is 0 Å². The summed E-state index contributed by atoms with van der Waals surface area (Å²) in [6.45, 7) is 12.5. The molecule has 2 aromatic rings. The summed E-state index contributed by atoms with van der Waals surface area (Å²) in [5.74, 6) is 0. The third kappa shape index (κ3) is 2.60. The predicted octanol–water partition coefficient (Wildman–Crippen LogP) is 5.03. The Balaban J connectivity index is 2.32. The molecule has 0 spiro atoms. The smallest absolute Gasteiger partial charge is 0.0181 e. The zero-order valence-corrected chi connectivity index (χ0v) is 11.0. The van der Waals surface area contributed by atoms with Gasteiger partial charge in [-0.2, -0.15) is 0 Å². The first-order valence-electron chi connectivity index (χ1n) is 6.10. The van der Waals surface area contributed by atoms with Crippen LogP contribution in [0.2, 0.25) is 0 Å². The molecule has 0 nitrogen and oxygen atoms in total. The van der Waals surface area contributed by atoms with Crippen LogP contribution in [0.5, 0.6) is 0 Å². The summed E-state index contributed by atoms with van der Waals surface area (Å²) in [5.41, 5.74) is 6.74. The zero-order valence-electron chi connectivity index (χ0n) is 11.0. The van der Waals surface area contributed by atoms with E-state index in [2.05, 4.69) is 75.5 Å². The highest BCUT2D eigenvalue weighted by Crippen LogP contribution is 2.28. The third-order valence-electron chi connectivity index (χ3n) is 3.10. The van der Waals surface area contributed by atoms with Crippen molar-refractivity contribution in [1.29, 1.82) is 0 Å². The first-order valence-corrected chi connectivity index (χ1v) is 6.10. The Kier molecular flexibility index (Phi) is 3.47. The van der Waals surface area contributed by atoms with Crippen molar-refractivity contribution in [2.75, 3.05) is 0 Å². The second-order valence-electron chi connectivity index (χ2n) is 4.70. The van der Waals surface area contributed by atoms with Crippen LogP contribution in [0.1, 0.15) is 22.3 Å². The molecule has 0 aromatic heterocycles. The Labute approximate surface area is 109 Å². The van der Waals surface area contributed by atoms with Crippen LogP contribution in [0, 0.1) is 13.8 Å². The standard InChI is InChI=1S/C18H18/c1-13-7-5-9-17(11-13)15(3)16(4)18-10-6-8-14(2)12-18/h5-12H,3-4H2,1-2H3. The minimum atomic E-state index is 0.990. The van der Waals surface area contributed by atoms with E-state index in [0.29, 0.717) is 0 Å². The van der Waals surface area contributed by atoms with E-state index in [9.17, 15) is 0 Å². The quantitative estimate of drug-likeness (QED) is 0.653. The van der Waals surface area contributed by atoms with Crippen LogP contribution in [0.4, 0.5) is 0 Å². The van der Waals surface area contributed by atoms with E-state index >= 15 is 0 Å². The topological polar surface area (TPSA) is 0 Å². The van der Waals surface area contributed by atoms with Crippen molar-refractivity contribution in [1.82, 2.24) is 0 Å².